The summed E-state index contributed by atoms with van der Waals surface area (Å²) in [6.07, 6.45) is 0. The van der Waals surface area contributed by atoms with E-state index in [0.717, 1.165) is 20.4 Å². The van der Waals surface area contributed by atoms with Gasteiger partial charge in [-0.1, -0.05) is 63.7 Å². The van der Waals surface area contributed by atoms with E-state index in [2.05, 4.69) is 20.9 Å². The van der Waals surface area contributed by atoms with Crippen LogP contribution >= 0.6 is 27.3 Å². The van der Waals surface area contributed by atoms with E-state index in [1.54, 1.807) is 24.3 Å². The Morgan fingerprint density at radius 3 is 2.32 bits per heavy atom. The number of Topliss-reactive ketones (excluding diaryl/α,β-unsaturated/α-hetero) is 1. The van der Waals surface area contributed by atoms with E-state index in [0.29, 0.717) is 16.3 Å². The van der Waals surface area contributed by atoms with Gasteiger partial charge in [-0.05, 0) is 42.0 Å². The average molecular weight is 534 g/mol. The van der Waals surface area contributed by atoms with Gasteiger partial charge in [-0.2, -0.15) is 0 Å². The summed E-state index contributed by atoms with van der Waals surface area (Å²) in [6.45, 7) is 0. The van der Waals surface area contributed by atoms with Crippen molar-refractivity contribution in [2.75, 3.05) is 23.9 Å². The third kappa shape index (κ3) is 3.78. The van der Waals surface area contributed by atoms with E-state index >= 15 is 0 Å². The number of aromatic nitrogens is 1. The fourth-order valence-electron chi connectivity index (χ4n) is 4.03. The number of para-hydroxylation sites is 1. The average Bonchev–Trinajstić information content (AvgIpc) is 3.37. The second-order valence-electron chi connectivity index (χ2n) is 8.13. The monoisotopic (exact) mass is 533 g/mol. The fraction of sp³-hybridized carbons (Fsp3) is 0.115. The van der Waals surface area contributed by atoms with Gasteiger partial charge in [0.1, 0.15) is 5.76 Å². The van der Waals surface area contributed by atoms with Gasteiger partial charge in [0.15, 0.2) is 5.13 Å². The van der Waals surface area contributed by atoms with Crippen molar-refractivity contribution in [1.82, 2.24) is 4.98 Å². The van der Waals surface area contributed by atoms with Crippen molar-refractivity contribution in [2.24, 2.45) is 0 Å². The molecule has 1 amide bonds. The van der Waals surface area contributed by atoms with Crippen LogP contribution in [0.1, 0.15) is 17.2 Å². The fourth-order valence-corrected chi connectivity index (χ4v) is 5.28. The number of fused-ring (bicyclic) bond motifs is 1. The summed E-state index contributed by atoms with van der Waals surface area (Å²) in [6, 6.07) is 21.3. The SMILES string of the molecule is CN(C)c1ccc(C2/C(=C(\O)c3ccc(Br)cc3)C(=O)C(=O)N2c2nc3ccccc3s2)cc1. The van der Waals surface area contributed by atoms with Gasteiger partial charge in [0.2, 0.25) is 0 Å². The molecule has 170 valence electrons. The first-order chi connectivity index (χ1) is 16.3. The Balaban J connectivity index is 1.71. The Morgan fingerprint density at radius 2 is 1.68 bits per heavy atom. The molecule has 1 N–H and O–H groups in total. The molecule has 1 unspecified atom stereocenters. The van der Waals surface area contributed by atoms with Crippen LogP contribution in [0.15, 0.2) is 82.8 Å². The molecule has 5 rings (SSSR count). The molecule has 1 aliphatic heterocycles. The lowest BCUT2D eigenvalue weighted by Gasteiger charge is -2.23. The molecular formula is C26H20BrN3O3S. The molecule has 1 fully saturated rings. The molecule has 6 nitrogen and oxygen atoms in total. The maximum Gasteiger partial charge on any atom is 0.301 e. The van der Waals surface area contributed by atoms with Crippen molar-refractivity contribution < 1.29 is 14.7 Å². The molecule has 2 heterocycles. The second kappa shape index (κ2) is 8.70. The Morgan fingerprint density at radius 1 is 1.00 bits per heavy atom. The number of benzene rings is 3. The van der Waals surface area contributed by atoms with Crippen LogP contribution in [0, 0.1) is 0 Å². The summed E-state index contributed by atoms with van der Waals surface area (Å²) >= 11 is 4.73. The van der Waals surface area contributed by atoms with Crippen LogP contribution in [0.4, 0.5) is 10.8 Å². The number of rotatable bonds is 4. The van der Waals surface area contributed by atoms with E-state index in [-0.39, 0.29) is 11.3 Å². The minimum Gasteiger partial charge on any atom is -0.507 e. The van der Waals surface area contributed by atoms with E-state index in [9.17, 15) is 14.7 Å². The molecule has 1 atom stereocenters. The van der Waals surface area contributed by atoms with Crippen LogP contribution in [-0.4, -0.2) is 35.9 Å². The van der Waals surface area contributed by atoms with Gasteiger partial charge in [0.05, 0.1) is 21.8 Å². The molecule has 1 aliphatic rings. The summed E-state index contributed by atoms with van der Waals surface area (Å²) < 4.78 is 1.75. The summed E-state index contributed by atoms with van der Waals surface area (Å²) in [5, 5.41) is 11.6. The Hall–Kier alpha value is -3.49. The van der Waals surface area contributed by atoms with Crippen LogP contribution in [0.25, 0.3) is 16.0 Å². The van der Waals surface area contributed by atoms with Crippen molar-refractivity contribution in [3.05, 3.63) is 94.0 Å². The van der Waals surface area contributed by atoms with E-state index < -0.39 is 17.7 Å². The quantitative estimate of drug-likeness (QED) is 0.205. The lowest BCUT2D eigenvalue weighted by Crippen LogP contribution is -2.29. The first kappa shape index (κ1) is 22.3. The number of aliphatic hydroxyl groups excluding tert-OH is 1. The van der Waals surface area contributed by atoms with Gasteiger partial charge in [-0.15, -0.1) is 0 Å². The molecule has 4 aromatic rings. The van der Waals surface area contributed by atoms with Crippen LogP contribution in [-0.2, 0) is 9.59 Å². The van der Waals surface area contributed by atoms with E-state index in [1.165, 1.54) is 16.2 Å². The second-order valence-corrected chi connectivity index (χ2v) is 10.1. The van der Waals surface area contributed by atoms with Gasteiger partial charge >= 0.3 is 5.91 Å². The zero-order valence-electron chi connectivity index (χ0n) is 18.4. The number of amides is 1. The highest BCUT2D eigenvalue weighted by Crippen LogP contribution is 2.44. The van der Waals surface area contributed by atoms with Crippen LogP contribution in [0.5, 0.6) is 0 Å². The minimum atomic E-state index is -0.805. The number of carbonyl (C=O) groups is 2. The largest absolute Gasteiger partial charge is 0.507 e. The summed E-state index contributed by atoms with van der Waals surface area (Å²) in [5.41, 5.74) is 2.94. The van der Waals surface area contributed by atoms with Crippen LogP contribution < -0.4 is 9.80 Å². The maximum atomic E-state index is 13.3. The predicted molar refractivity (Wildman–Crippen MR) is 139 cm³/mol. The number of carbonyl (C=O) groups excluding carboxylic acids is 2. The molecule has 3 aromatic carbocycles. The van der Waals surface area contributed by atoms with E-state index in [4.69, 9.17) is 0 Å². The number of halogens is 1. The van der Waals surface area contributed by atoms with Crippen molar-refractivity contribution in [3.63, 3.8) is 0 Å². The number of hydrogen-bond donors (Lipinski definition) is 1. The Kier molecular flexibility index (Phi) is 5.71. The topological polar surface area (TPSA) is 73.7 Å². The molecule has 0 aliphatic carbocycles. The number of ketones is 1. The highest BCUT2D eigenvalue weighted by molar-refractivity contribution is 9.10. The Labute approximate surface area is 208 Å². The smallest absolute Gasteiger partial charge is 0.301 e. The van der Waals surface area contributed by atoms with Crippen LogP contribution in [0.2, 0.25) is 0 Å². The first-order valence-corrected chi connectivity index (χ1v) is 12.2. The maximum absolute atomic E-state index is 13.3. The number of anilines is 2. The normalized spacial score (nSPS) is 17.5. The molecule has 1 aromatic heterocycles. The highest BCUT2D eigenvalue weighted by atomic mass is 79.9. The number of thiazole rings is 1. The van der Waals surface area contributed by atoms with Crippen LogP contribution in [0.3, 0.4) is 0 Å². The third-order valence-corrected chi connectivity index (χ3v) is 7.34. The highest BCUT2D eigenvalue weighted by Gasteiger charge is 2.48. The van der Waals surface area contributed by atoms with Gasteiger partial charge in [0, 0.05) is 29.8 Å². The molecule has 0 spiro atoms. The third-order valence-electron chi connectivity index (χ3n) is 5.78. The van der Waals surface area contributed by atoms with Gasteiger partial charge < -0.3 is 10.0 Å². The summed E-state index contributed by atoms with van der Waals surface area (Å²) in [5.74, 6) is -1.66. The zero-order chi connectivity index (χ0) is 24.0. The molecule has 34 heavy (non-hydrogen) atoms. The molecule has 8 heteroatoms. The van der Waals surface area contributed by atoms with Crippen molar-refractivity contribution in [3.8, 4) is 0 Å². The molecule has 0 radical (unpaired) electrons. The van der Waals surface area contributed by atoms with E-state index in [1.807, 2.05) is 67.5 Å². The molecule has 1 saturated heterocycles. The molecule has 0 saturated carbocycles. The molecule has 0 bridgehead atoms. The van der Waals surface area contributed by atoms with Gasteiger partial charge in [-0.25, -0.2) is 4.98 Å². The summed E-state index contributed by atoms with van der Waals surface area (Å²) in [7, 11) is 3.88. The van der Waals surface area contributed by atoms with Gasteiger partial charge in [-0.3, -0.25) is 14.5 Å². The molecular weight excluding hydrogens is 514 g/mol. The zero-order valence-corrected chi connectivity index (χ0v) is 20.8. The van der Waals surface area contributed by atoms with Crippen molar-refractivity contribution in [1.29, 1.82) is 0 Å². The number of nitrogens with zero attached hydrogens (tertiary/aromatic N) is 3. The van der Waals surface area contributed by atoms with Crippen molar-refractivity contribution >= 4 is 65.8 Å². The minimum absolute atomic E-state index is 0.0455. The lowest BCUT2D eigenvalue weighted by atomic mass is 9.95. The van der Waals surface area contributed by atoms with Gasteiger partial charge in [0.25, 0.3) is 5.78 Å². The number of aliphatic hydroxyl groups is 1. The summed E-state index contributed by atoms with van der Waals surface area (Å²) in [4.78, 5) is 34.6. The Bertz CT molecular complexity index is 1410. The standard InChI is InChI=1S/C26H20BrN3O3S/c1-29(2)18-13-9-15(10-14-18)22-21(23(31)16-7-11-17(27)12-8-16)24(32)25(33)30(22)26-28-19-5-3-4-6-20(19)34-26/h3-14,22,31H,1-2H3/b23-21+. The first-order valence-electron chi connectivity index (χ1n) is 10.5. The predicted octanol–water partition coefficient (Wildman–Crippen LogP) is 5.75. The lowest BCUT2D eigenvalue weighted by molar-refractivity contribution is -0.132. The van der Waals surface area contributed by atoms with Crippen molar-refractivity contribution in [2.45, 2.75) is 6.04 Å². The number of hydrogen-bond acceptors (Lipinski definition) is 6.